The van der Waals surface area contributed by atoms with Crippen molar-refractivity contribution in [3.8, 4) is 17.2 Å². The van der Waals surface area contributed by atoms with Crippen molar-refractivity contribution in [2.45, 2.75) is 0 Å². The van der Waals surface area contributed by atoms with Crippen molar-refractivity contribution in [2.24, 2.45) is 0 Å². The average Bonchev–Trinajstić information content (AvgIpc) is 3.85. The molecule has 0 saturated carbocycles. The third kappa shape index (κ3) is 3.46. The molecule has 8 aromatic carbocycles. The SMILES string of the molecule is c1ccc2c(c1)ccc1c(-c3ccc4oc5ccccc5c4c3)nc(-n3c4cccc5c6cccc7c8ccccc8n(c8cccc3c8c54)c67)nc12. The fourth-order valence-electron chi connectivity index (χ4n) is 9.25. The van der Waals surface area contributed by atoms with Gasteiger partial charge in [0.2, 0.25) is 5.95 Å². The summed E-state index contributed by atoms with van der Waals surface area (Å²) in [5, 5.41) is 12.8. The average molecular weight is 675 g/mol. The topological polar surface area (TPSA) is 48.3 Å². The van der Waals surface area contributed by atoms with Gasteiger partial charge in [0, 0.05) is 54.0 Å². The van der Waals surface area contributed by atoms with Gasteiger partial charge in [0.15, 0.2) is 0 Å². The van der Waals surface area contributed by atoms with E-state index in [1.807, 2.05) is 12.1 Å². The predicted octanol–water partition coefficient (Wildman–Crippen LogP) is 12.6. The van der Waals surface area contributed by atoms with E-state index in [1.165, 1.54) is 48.9 Å². The molecule has 0 bridgehead atoms. The Kier molecular flexibility index (Phi) is 5.06. The van der Waals surface area contributed by atoms with Gasteiger partial charge in [0.25, 0.3) is 0 Å². The lowest BCUT2D eigenvalue weighted by Gasteiger charge is -2.13. The molecule has 0 spiro atoms. The van der Waals surface area contributed by atoms with Crippen LogP contribution < -0.4 is 0 Å². The summed E-state index contributed by atoms with van der Waals surface area (Å²) in [6.45, 7) is 0. The van der Waals surface area contributed by atoms with Crippen LogP contribution in [0.25, 0.3) is 121 Å². The molecule has 13 aromatic rings. The van der Waals surface area contributed by atoms with E-state index in [1.54, 1.807) is 0 Å². The van der Waals surface area contributed by atoms with Crippen molar-refractivity contribution in [3.63, 3.8) is 0 Å². The Morgan fingerprint density at radius 3 is 2.00 bits per heavy atom. The van der Waals surface area contributed by atoms with Gasteiger partial charge >= 0.3 is 0 Å². The zero-order valence-electron chi connectivity index (χ0n) is 28.2. The van der Waals surface area contributed by atoms with Gasteiger partial charge in [0.05, 0.1) is 38.8 Å². The minimum atomic E-state index is 0.645. The molecule has 5 heterocycles. The molecule has 0 radical (unpaired) electrons. The number of aromatic nitrogens is 4. The predicted molar refractivity (Wildman–Crippen MR) is 219 cm³/mol. The molecule has 0 unspecified atom stereocenters. The van der Waals surface area contributed by atoms with Crippen molar-refractivity contribution in [1.82, 2.24) is 18.9 Å². The third-order valence-corrected chi connectivity index (χ3v) is 11.5. The number of furan rings is 1. The van der Waals surface area contributed by atoms with Crippen LogP contribution in [0.4, 0.5) is 0 Å². The van der Waals surface area contributed by atoms with Crippen molar-refractivity contribution in [1.29, 1.82) is 0 Å². The van der Waals surface area contributed by atoms with Crippen molar-refractivity contribution in [3.05, 3.63) is 158 Å². The lowest BCUT2D eigenvalue weighted by Crippen LogP contribution is -2.04. The molecule has 5 nitrogen and oxygen atoms in total. The van der Waals surface area contributed by atoms with Crippen LogP contribution in [-0.4, -0.2) is 18.9 Å². The Labute approximate surface area is 300 Å². The van der Waals surface area contributed by atoms with E-state index in [2.05, 4.69) is 155 Å². The van der Waals surface area contributed by atoms with Crippen LogP contribution in [0.1, 0.15) is 0 Å². The summed E-state index contributed by atoms with van der Waals surface area (Å²) < 4.78 is 11.0. The summed E-state index contributed by atoms with van der Waals surface area (Å²) in [5.74, 6) is 0.645. The minimum Gasteiger partial charge on any atom is -0.456 e. The van der Waals surface area contributed by atoms with Gasteiger partial charge in [0.1, 0.15) is 11.2 Å². The molecular formula is C48H26N4O. The summed E-state index contributed by atoms with van der Waals surface area (Å²) in [5.41, 5.74) is 10.4. The molecule has 13 rings (SSSR count). The van der Waals surface area contributed by atoms with Crippen LogP contribution in [0.5, 0.6) is 0 Å². The number of benzene rings is 8. The Morgan fingerprint density at radius 2 is 1.08 bits per heavy atom. The highest BCUT2D eigenvalue weighted by Gasteiger charge is 2.24. The molecule has 5 heteroatoms. The normalized spacial score (nSPS) is 12.5. The number of hydrogen-bond donors (Lipinski definition) is 0. The van der Waals surface area contributed by atoms with E-state index >= 15 is 0 Å². The first-order valence-electron chi connectivity index (χ1n) is 18.0. The monoisotopic (exact) mass is 674 g/mol. The minimum absolute atomic E-state index is 0.645. The quantitative estimate of drug-likeness (QED) is 0.172. The maximum absolute atomic E-state index is 6.23. The van der Waals surface area contributed by atoms with Gasteiger partial charge in [-0.2, -0.15) is 0 Å². The van der Waals surface area contributed by atoms with E-state index in [0.717, 1.165) is 65.9 Å². The van der Waals surface area contributed by atoms with Crippen LogP contribution in [0.15, 0.2) is 162 Å². The van der Waals surface area contributed by atoms with Crippen molar-refractivity contribution < 1.29 is 4.42 Å². The Hall–Kier alpha value is -7.24. The molecule has 0 atom stereocenters. The molecule has 53 heavy (non-hydrogen) atoms. The number of rotatable bonds is 2. The summed E-state index contributed by atoms with van der Waals surface area (Å²) in [4.78, 5) is 11.0. The lowest BCUT2D eigenvalue weighted by molar-refractivity contribution is 0.669. The highest BCUT2D eigenvalue weighted by Crippen LogP contribution is 2.44. The Bertz CT molecular complexity index is 3700. The molecular weight excluding hydrogens is 649 g/mol. The second-order valence-electron chi connectivity index (χ2n) is 14.1. The van der Waals surface area contributed by atoms with Crippen LogP contribution >= 0.6 is 0 Å². The molecule has 5 aromatic heterocycles. The van der Waals surface area contributed by atoms with Crippen molar-refractivity contribution in [2.75, 3.05) is 0 Å². The highest BCUT2D eigenvalue weighted by molar-refractivity contribution is 6.31. The standard InChI is InChI=1S/C48H26N4O/c1-2-11-29-27(10-1)22-24-35-45(28-23-25-42-36(26-28)31-13-4-6-21-41(31)53-42)49-48(50-46(29)35)52-38-18-8-14-32-34-16-7-15-33-30-12-3-5-17-37(30)51(47(33)34)39-19-9-20-40(52)44(39)43(32)38/h1-26H. The van der Waals surface area contributed by atoms with E-state index < -0.39 is 0 Å². The highest BCUT2D eigenvalue weighted by atomic mass is 16.3. The molecule has 0 aliphatic rings. The lowest BCUT2D eigenvalue weighted by atomic mass is 10.0. The van der Waals surface area contributed by atoms with Gasteiger partial charge in [-0.3, -0.25) is 4.57 Å². The van der Waals surface area contributed by atoms with Gasteiger partial charge in [-0.05, 0) is 65.4 Å². The summed E-state index contributed by atoms with van der Waals surface area (Å²) in [7, 11) is 0. The zero-order valence-corrected chi connectivity index (χ0v) is 28.2. The smallest absolute Gasteiger partial charge is 0.235 e. The summed E-state index contributed by atoms with van der Waals surface area (Å²) in [6.07, 6.45) is 0. The largest absolute Gasteiger partial charge is 0.456 e. The van der Waals surface area contributed by atoms with Crippen LogP contribution in [-0.2, 0) is 0 Å². The van der Waals surface area contributed by atoms with Crippen molar-refractivity contribution >= 4 is 104 Å². The van der Waals surface area contributed by atoms with Gasteiger partial charge < -0.3 is 8.82 Å². The van der Waals surface area contributed by atoms with Gasteiger partial charge in [-0.1, -0.05) is 103 Å². The van der Waals surface area contributed by atoms with Gasteiger partial charge in [-0.25, -0.2) is 9.97 Å². The maximum Gasteiger partial charge on any atom is 0.235 e. The van der Waals surface area contributed by atoms with Crippen LogP contribution in [0.3, 0.4) is 0 Å². The van der Waals surface area contributed by atoms with Crippen LogP contribution in [0, 0.1) is 0 Å². The fourth-order valence-corrected chi connectivity index (χ4v) is 9.25. The summed E-state index contributed by atoms with van der Waals surface area (Å²) in [6, 6.07) is 56.4. The molecule has 0 aliphatic heterocycles. The van der Waals surface area contributed by atoms with E-state index in [0.29, 0.717) is 5.95 Å². The van der Waals surface area contributed by atoms with E-state index in [-0.39, 0.29) is 0 Å². The second kappa shape index (κ2) is 9.75. The molecule has 0 aliphatic carbocycles. The van der Waals surface area contributed by atoms with Gasteiger partial charge in [-0.15, -0.1) is 0 Å². The van der Waals surface area contributed by atoms with Crippen LogP contribution in [0.2, 0.25) is 0 Å². The first kappa shape index (κ1) is 27.5. The molecule has 0 amide bonds. The maximum atomic E-state index is 6.23. The molecule has 244 valence electrons. The van der Waals surface area contributed by atoms with E-state index in [4.69, 9.17) is 14.4 Å². The second-order valence-corrected chi connectivity index (χ2v) is 14.1. The number of nitrogens with zero attached hydrogens (tertiary/aromatic N) is 4. The Morgan fingerprint density at radius 1 is 0.415 bits per heavy atom. The molecule has 0 saturated heterocycles. The number of fused-ring (bicyclic) bond motifs is 11. The molecule has 0 N–H and O–H groups in total. The van der Waals surface area contributed by atoms with E-state index in [9.17, 15) is 0 Å². The third-order valence-electron chi connectivity index (χ3n) is 11.5. The number of para-hydroxylation sites is 3. The zero-order chi connectivity index (χ0) is 34.4. The fraction of sp³-hybridized carbons (Fsp3) is 0. The Balaban J connectivity index is 1.21. The number of hydrogen-bond acceptors (Lipinski definition) is 3. The first-order chi connectivity index (χ1) is 26.3. The first-order valence-corrected chi connectivity index (χ1v) is 18.0. The molecule has 0 fully saturated rings. The summed E-state index contributed by atoms with van der Waals surface area (Å²) >= 11 is 0.